The second kappa shape index (κ2) is 8.54. The summed E-state index contributed by atoms with van der Waals surface area (Å²) in [5.41, 5.74) is 3.64. The third-order valence-electron chi connectivity index (χ3n) is 4.08. The van der Waals surface area contributed by atoms with Crippen molar-refractivity contribution in [2.24, 2.45) is 0 Å². The molecule has 1 aromatic carbocycles. The van der Waals surface area contributed by atoms with E-state index in [0.29, 0.717) is 16.1 Å². The number of para-hydroxylation sites is 1. The third kappa shape index (κ3) is 4.36. The highest BCUT2D eigenvalue weighted by atomic mass is 32.2. The fourth-order valence-corrected chi connectivity index (χ4v) is 4.20. The minimum absolute atomic E-state index is 0.136. The zero-order valence-corrected chi connectivity index (χ0v) is 17.5. The van der Waals surface area contributed by atoms with Crippen LogP contribution < -0.4 is 5.32 Å². The Hall–Kier alpha value is -3.04. The number of thiazole rings is 1. The van der Waals surface area contributed by atoms with Crippen molar-refractivity contribution in [3.8, 4) is 17.2 Å². The van der Waals surface area contributed by atoms with E-state index in [0.717, 1.165) is 22.6 Å². The average molecular weight is 423 g/mol. The molecule has 0 spiro atoms. The van der Waals surface area contributed by atoms with Crippen LogP contribution in [0, 0.1) is 13.8 Å². The Balaban J connectivity index is 1.62. The van der Waals surface area contributed by atoms with Crippen molar-refractivity contribution < 1.29 is 4.79 Å². The molecule has 1 N–H and O–H groups in total. The topological polar surface area (TPSA) is 85.6 Å². The Labute approximate surface area is 176 Å². The molecule has 0 saturated heterocycles. The van der Waals surface area contributed by atoms with Gasteiger partial charge in [0.25, 0.3) is 0 Å². The first-order valence-electron chi connectivity index (χ1n) is 8.89. The summed E-state index contributed by atoms with van der Waals surface area (Å²) >= 11 is 2.74. The van der Waals surface area contributed by atoms with E-state index < -0.39 is 0 Å². The molecule has 3 aromatic heterocycles. The van der Waals surface area contributed by atoms with Crippen molar-refractivity contribution in [2.45, 2.75) is 19.0 Å². The fraction of sp³-hybridized carbons (Fsp3) is 0.150. The highest BCUT2D eigenvalue weighted by Crippen LogP contribution is 2.28. The van der Waals surface area contributed by atoms with Gasteiger partial charge in [-0.15, -0.1) is 21.5 Å². The van der Waals surface area contributed by atoms with Crippen molar-refractivity contribution in [1.82, 2.24) is 24.7 Å². The largest absolute Gasteiger partial charge is 0.301 e. The van der Waals surface area contributed by atoms with Gasteiger partial charge in [-0.1, -0.05) is 36.0 Å². The summed E-state index contributed by atoms with van der Waals surface area (Å²) in [6.07, 6.45) is 1.72. The van der Waals surface area contributed by atoms with Crippen molar-refractivity contribution in [1.29, 1.82) is 0 Å². The van der Waals surface area contributed by atoms with E-state index in [-0.39, 0.29) is 11.7 Å². The number of nitrogens with zero attached hydrogens (tertiary/aromatic N) is 5. The maximum absolute atomic E-state index is 12.4. The summed E-state index contributed by atoms with van der Waals surface area (Å²) in [6, 6.07) is 13.7. The molecular formula is C20H18N6OS2. The summed E-state index contributed by atoms with van der Waals surface area (Å²) < 4.78 is 1.95. The summed E-state index contributed by atoms with van der Waals surface area (Å²) in [7, 11) is 0. The molecular weight excluding hydrogens is 404 g/mol. The standard InChI is InChI=1S/C20H18N6OS2/c1-13-7-3-4-9-16(13)26-18(15-8-5-6-10-21-15)24-25-20(26)29-12-17(27)23-19-22-14(2)11-28-19/h3-11H,12H2,1-2H3,(H,22,23,27). The van der Waals surface area contributed by atoms with Gasteiger partial charge in [0.2, 0.25) is 5.91 Å². The van der Waals surface area contributed by atoms with Gasteiger partial charge < -0.3 is 5.32 Å². The lowest BCUT2D eigenvalue weighted by Crippen LogP contribution is -2.14. The van der Waals surface area contributed by atoms with Crippen LogP contribution in [0.3, 0.4) is 0 Å². The van der Waals surface area contributed by atoms with Crippen LogP contribution in [0.2, 0.25) is 0 Å². The van der Waals surface area contributed by atoms with Gasteiger partial charge in [0, 0.05) is 11.6 Å². The number of benzene rings is 1. The van der Waals surface area contributed by atoms with Crippen LogP contribution in [0.25, 0.3) is 17.2 Å². The average Bonchev–Trinajstić information content (AvgIpc) is 3.33. The minimum Gasteiger partial charge on any atom is -0.301 e. The predicted octanol–water partition coefficient (Wildman–Crippen LogP) is 4.13. The zero-order chi connectivity index (χ0) is 20.2. The SMILES string of the molecule is Cc1csc(NC(=O)CSc2nnc(-c3ccccn3)n2-c2ccccc2C)n1. The quantitative estimate of drug-likeness (QED) is 0.470. The number of nitrogens with one attached hydrogen (secondary N) is 1. The van der Waals surface area contributed by atoms with Gasteiger partial charge in [-0.25, -0.2) is 4.98 Å². The van der Waals surface area contributed by atoms with E-state index in [9.17, 15) is 4.79 Å². The van der Waals surface area contributed by atoms with Gasteiger partial charge in [0.1, 0.15) is 5.69 Å². The molecule has 3 heterocycles. The summed E-state index contributed by atoms with van der Waals surface area (Å²) in [5.74, 6) is 0.701. The molecule has 29 heavy (non-hydrogen) atoms. The molecule has 0 bridgehead atoms. The highest BCUT2D eigenvalue weighted by Gasteiger charge is 2.19. The van der Waals surface area contributed by atoms with Crippen LogP contribution >= 0.6 is 23.1 Å². The van der Waals surface area contributed by atoms with Crippen LogP contribution in [-0.4, -0.2) is 36.4 Å². The number of amides is 1. The van der Waals surface area contributed by atoms with Crippen LogP contribution in [0.5, 0.6) is 0 Å². The number of rotatable bonds is 6. The number of carbonyl (C=O) groups is 1. The Morgan fingerprint density at radius 3 is 2.69 bits per heavy atom. The second-order valence-corrected chi connectivity index (χ2v) is 8.07. The smallest absolute Gasteiger partial charge is 0.236 e. The molecule has 0 atom stereocenters. The maximum atomic E-state index is 12.4. The molecule has 0 saturated carbocycles. The first-order chi connectivity index (χ1) is 14.1. The van der Waals surface area contributed by atoms with E-state index in [1.54, 1.807) is 6.20 Å². The third-order valence-corrected chi connectivity index (χ3v) is 5.89. The molecule has 0 aliphatic heterocycles. The lowest BCUT2D eigenvalue weighted by atomic mass is 10.2. The number of aryl methyl sites for hydroxylation is 2. The van der Waals surface area contributed by atoms with Crippen LogP contribution in [0.15, 0.2) is 59.2 Å². The Bertz CT molecular complexity index is 1140. The number of thioether (sulfide) groups is 1. The van der Waals surface area contributed by atoms with Gasteiger partial charge in [-0.2, -0.15) is 0 Å². The molecule has 4 aromatic rings. The normalized spacial score (nSPS) is 10.8. The van der Waals surface area contributed by atoms with Gasteiger partial charge in [-0.05, 0) is 37.6 Å². The van der Waals surface area contributed by atoms with Gasteiger partial charge in [0.15, 0.2) is 16.1 Å². The second-order valence-electron chi connectivity index (χ2n) is 6.27. The number of carbonyl (C=O) groups excluding carboxylic acids is 1. The van der Waals surface area contributed by atoms with Crippen molar-refractivity contribution in [3.63, 3.8) is 0 Å². The molecule has 0 unspecified atom stereocenters. The monoisotopic (exact) mass is 422 g/mol. The van der Waals surface area contributed by atoms with Gasteiger partial charge >= 0.3 is 0 Å². The Kier molecular flexibility index (Phi) is 5.68. The maximum Gasteiger partial charge on any atom is 0.236 e. The van der Waals surface area contributed by atoms with E-state index >= 15 is 0 Å². The number of aromatic nitrogens is 5. The van der Waals surface area contributed by atoms with E-state index in [2.05, 4.69) is 25.5 Å². The fourth-order valence-electron chi connectivity index (χ4n) is 2.75. The lowest BCUT2D eigenvalue weighted by Gasteiger charge is -2.12. The summed E-state index contributed by atoms with van der Waals surface area (Å²) in [4.78, 5) is 21.0. The lowest BCUT2D eigenvalue weighted by molar-refractivity contribution is -0.113. The van der Waals surface area contributed by atoms with Crippen molar-refractivity contribution in [3.05, 3.63) is 65.3 Å². The Morgan fingerprint density at radius 2 is 1.97 bits per heavy atom. The molecule has 1 amide bonds. The van der Waals surface area contributed by atoms with Crippen LogP contribution in [0.1, 0.15) is 11.3 Å². The molecule has 0 aliphatic rings. The first-order valence-corrected chi connectivity index (χ1v) is 10.8. The number of anilines is 1. The molecule has 0 fully saturated rings. The van der Waals surface area contributed by atoms with E-state index in [1.807, 2.05) is 66.3 Å². The van der Waals surface area contributed by atoms with Crippen molar-refractivity contribution in [2.75, 3.05) is 11.1 Å². The number of pyridine rings is 1. The van der Waals surface area contributed by atoms with Crippen LogP contribution in [-0.2, 0) is 4.79 Å². The zero-order valence-electron chi connectivity index (χ0n) is 15.9. The van der Waals surface area contributed by atoms with Gasteiger partial charge in [0.05, 0.1) is 17.1 Å². The minimum atomic E-state index is -0.136. The first kappa shape index (κ1) is 19.3. The molecule has 0 radical (unpaired) electrons. The van der Waals surface area contributed by atoms with Crippen molar-refractivity contribution >= 4 is 34.1 Å². The Morgan fingerprint density at radius 1 is 1.14 bits per heavy atom. The highest BCUT2D eigenvalue weighted by molar-refractivity contribution is 7.99. The molecule has 146 valence electrons. The van der Waals surface area contributed by atoms with Gasteiger partial charge in [-0.3, -0.25) is 14.3 Å². The summed E-state index contributed by atoms with van der Waals surface area (Å²) in [5, 5.41) is 14.6. The molecule has 4 rings (SSSR count). The number of hydrogen-bond donors (Lipinski definition) is 1. The molecule has 9 heteroatoms. The van der Waals surface area contributed by atoms with Crippen LogP contribution in [0.4, 0.5) is 5.13 Å². The predicted molar refractivity (Wildman–Crippen MR) is 116 cm³/mol. The van der Waals surface area contributed by atoms with E-state index in [4.69, 9.17) is 0 Å². The van der Waals surface area contributed by atoms with E-state index in [1.165, 1.54) is 23.1 Å². The summed E-state index contributed by atoms with van der Waals surface area (Å²) in [6.45, 7) is 3.92. The molecule has 0 aliphatic carbocycles. The molecule has 7 nitrogen and oxygen atoms in total. The number of hydrogen-bond acceptors (Lipinski definition) is 7.